The second-order valence-corrected chi connectivity index (χ2v) is 5.59. The number of oxime groups is 1. The fraction of sp³-hybridized carbons (Fsp3) is 0.929. The Hall–Kier alpha value is -0.650. The zero-order chi connectivity index (χ0) is 13.7. The van der Waals surface area contributed by atoms with Crippen LogP contribution in [0.2, 0.25) is 0 Å². The van der Waals surface area contributed by atoms with E-state index in [0.29, 0.717) is 12.0 Å². The Morgan fingerprint density at radius 1 is 1.26 bits per heavy atom. The molecule has 2 saturated heterocycles. The van der Waals surface area contributed by atoms with E-state index in [1.54, 1.807) is 0 Å². The van der Waals surface area contributed by atoms with Gasteiger partial charge in [-0.3, -0.25) is 9.80 Å². The lowest BCUT2D eigenvalue weighted by Gasteiger charge is -2.38. The lowest BCUT2D eigenvalue weighted by atomic mass is 9.93. The van der Waals surface area contributed by atoms with Crippen LogP contribution in [0.5, 0.6) is 0 Å². The van der Waals surface area contributed by atoms with E-state index in [0.717, 1.165) is 64.4 Å². The highest BCUT2D eigenvalue weighted by Crippen LogP contribution is 2.18. The van der Waals surface area contributed by atoms with Crippen molar-refractivity contribution in [1.82, 2.24) is 9.80 Å². The maximum Gasteiger partial charge on any atom is 0.0829 e. The largest absolute Gasteiger partial charge is 0.411 e. The quantitative estimate of drug-likeness (QED) is 0.617. The van der Waals surface area contributed by atoms with Crippen LogP contribution in [0.3, 0.4) is 0 Å². The fourth-order valence-corrected chi connectivity index (χ4v) is 3.11. The summed E-state index contributed by atoms with van der Waals surface area (Å²) in [6.07, 6.45) is 2.26. The summed E-state index contributed by atoms with van der Waals surface area (Å²) in [4.78, 5) is 4.92. The van der Waals surface area contributed by atoms with Crippen molar-refractivity contribution in [2.75, 3.05) is 45.9 Å². The summed E-state index contributed by atoms with van der Waals surface area (Å²) >= 11 is 0. The number of ether oxygens (including phenoxy) is 1. The molecule has 2 aliphatic rings. The first-order valence-corrected chi connectivity index (χ1v) is 7.53. The van der Waals surface area contributed by atoms with Gasteiger partial charge in [-0.1, -0.05) is 19.0 Å². The number of rotatable bonds is 4. The Morgan fingerprint density at radius 2 is 2.11 bits per heavy atom. The highest BCUT2D eigenvalue weighted by molar-refractivity contribution is 5.87. The molecule has 0 amide bonds. The predicted octanol–water partition coefficient (Wildman–Crippen LogP) is 1.27. The molecular formula is C14H27N3O2. The molecule has 2 rings (SSSR count). The van der Waals surface area contributed by atoms with Crippen molar-refractivity contribution in [3.05, 3.63) is 0 Å². The van der Waals surface area contributed by atoms with Gasteiger partial charge >= 0.3 is 0 Å². The lowest BCUT2D eigenvalue weighted by molar-refractivity contribution is -0.0433. The van der Waals surface area contributed by atoms with Crippen LogP contribution in [-0.4, -0.2) is 72.7 Å². The molecule has 110 valence electrons. The van der Waals surface area contributed by atoms with Crippen LogP contribution in [0.25, 0.3) is 0 Å². The van der Waals surface area contributed by atoms with Gasteiger partial charge < -0.3 is 9.94 Å². The van der Waals surface area contributed by atoms with Crippen molar-refractivity contribution in [1.29, 1.82) is 0 Å². The average molecular weight is 269 g/mol. The average Bonchev–Trinajstić information content (AvgIpc) is 2.47. The molecule has 2 fully saturated rings. The van der Waals surface area contributed by atoms with Crippen LogP contribution in [0.15, 0.2) is 5.16 Å². The van der Waals surface area contributed by atoms with E-state index >= 15 is 0 Å². The molecule has 0 aromatic heterocycles. The van der Waals surface area contributed by atoms with Crippen LogP contribution in [0, 0.1) is 5.92 Å². The molecule has 0 radical (unpaired) electrons. The molecule has 1 N–H and O–H groups in total. The molecule has 0 aromatic carbocycles. The van der Waals surface area contributed by atoms with Gasteiger partial charge in [0, 0.05) is 45.1 Å². The number of hydrogen-bond acceptors (Lipinski definition) is 5. The molecule has 5 heteroatoms. The number of piperidine rings is 1. The van der Waals surface area contributed by atoms with Crippen molar-refractivity contribution in [3.8, 4) is 0 Å². The van der Waals surface area contributed by atoms with Crippen LogP contribution in [0.1, 0.15) is 26.7 Å². The van der Waals surface area contributed by atoms with Crippen LogP contribution in [0.4, 0.5) is 0 Å². The summed E-state index contributed by atoms with van der Waals surface area (Å²) in [6.45, 7) is 11.4. The number of likely N-dealkylation sites (tertiary alicyclic amines) is 1. The highest BCUT2D eigenvalue weighted by atomic mass is 16.5. The Morgan fingerprint density at radius 3 is 2.79 bits per heavy atom. The minimum Gasteiger partial charge on any atom is -0.411 e. The summed E-state index contributed by atoms with van der Waals surface area (Å²) in [7, 11) is 0. The molecule has 2 unspecified atom stereocenters. The van der Waals surface area contributed by atoms with Crippen molar-refractivity contribution < 1.29 is 9.94 Å². The van der Waals surface area contributed by atoms with E-state index in [9.17, 15) is 0 Å². The third kappa shape index (κ3) is 3.91. The summed E-state index contributed by atoms with van der Waals surface area (Å²) in [6, 6.07) is 0. The van der Waals surface area contributed by atoms with E-state index in [2.05, 4.69) is 28.8 Å². The zero-order valence-electron chi connectivity index (χ0n) is 12.2. The molecule has 0 aliphatic carbocycles. The zero-order valence-corrected chi connectivity index (χ0v) is 12.2. The smallest absolute Gasteiger partial charge is 0.0829 e. The topological polar surface area (TPSA) is 48.3 Å². The number of morpholine rings is 1. The molecule has 19 heavy (non-hydrogen) atoms. The van der Waals surface area contributed by atoms with Gasteiger partial charge in [0.05, 0.1) is 18.4 Å². The standard InChI is InChI=1S/C14H27N3O2/c1-3-12-9-17(6-5-14(12)15-18)11-13-10-16(4-2)7-8-19-13/h12-13,18H,3-11H2,1-2H3. The second kappa shape index (κ2) is 7.22. The molecule has 2 atom stereocenters. The third-order valence-electron chi connectivity index (χ3n) is 4.39. The van der Waals surface area contributed by atoms with Gasteiger partial charge in [-0.2, -0.15) is 0 Å². The van der Waals surface area contributed by atoms with E-state index in [4.69, 9.17) is 9.94 Å². The van der Waals surface area contributed by atoms with E-state index in [1.807, 2.05) is 0 Å². The summed E-state index contributed by atoms with van der Waals surface area (Å²) in [5.41, 5.74) is 0.971. The monoisotopic (exact) mass is 269 g/mol. The SMILES string of the molecule is CCC1CN(CC2CN(CC)CCO2)CCC1=NO. The number of likely N-dealkylation sites (N-methyl/N-ethyl adjacent to an activating group) is 1. The summed E-state index contributed by atoms with van der Waals surface area (Å²) < 4.78 is 5.87. The first kappa shape index (κ1) is 14.8. The molecule has 0 bridgehead atoms. The molecule has 5 nitrogen and oxygen atoms in total. The maximum atomic E-state index is 9.00. The second-order valence-electron chi connectivity index (χ2n) is 5.59. The van der Waals surface area contributed by atoms with Crippen molar-refractivity contribution in [3.63, 3.8) is 0 Å². The van der Waals surface area contributed by atoms with Crippen molar-refractivity contribution in [2.45, 2.75) is 32.8 Å². The lowest BCUT2D eigenvalue weighted by Crippen LogP contribution is -2.50. The highest BCUT2D eigenvalue weighted by Gasteiger charge is 2.28. The predicted molar refractivity (Wildman–Crippen MR) is 75.9 cm³/mol. The molecule has 2 aliphatic heterocycles. The first-order valence-electron chi connectivity index (χ1n) is 7.53. The first-order chi connectivity index (χ1) is 9.26. The molecule has 0 aromatic rings. The van der Waals surface area contributed by atoms with Crippen molar-refractivity contribution >= 4 is 5.71 Å². The molecule has 2 heterocycles. The Kier molecular flexibility index (Phi) is 5.60. The third-order valence-corrected chi connectivity index (χ3v) is 4.39. The van der Waals surface area contributed by atoms with E-state index < -0.39 is 0 Å². The van der Waals surface area contributed by atoms with Gasteiger partial charge in [-0.05, 0) is 13.0 Å². The number of hydrogen-bond donors (Lipinski definition) is 1. The van der Waals surface area contributed by atoms with Gasteiger partial charge in [0.25, 0.3) is 0 Å². The van der Waals surface area contributed by atoms with Gasteiger partial charge in [0.2, 0.25) is 0 Å². The van der Waals surface area contributed by atoms with Crippen LogP contribution >= 0.6 is 0 Å². The van der Waals surface area contributed by atoms with Crippen LogP contribution < -0.4 is 0 Å². The van der Waals surface area contributed by atoms with E-state index in [1.165, 1.54) is 0 Å². The maximum absolute atomic E-state index is 9.00. The number of nitrogens with zero attached hydrogens (tertiary/aromatic N) is 3. The minimum atomic E-state index is 0.332. The van der Waals surface area contributed by atoms with Crippen LogP contribution in [-0.2, 0) is 4.74 Å². The van der Waals surface area contributed by atoms with Gasteiger partial charge in [-0.25, -0.2) is 0 Å². The van der Waals surface area contributed by atoms with E-state index in [-0.39, 0.29) is 0 Å². The van der Waals surface area contributed by atoms with Crippen molar-refractivity contribution in [2.24, 2.45) is 11.1 Å². The fourth-order valence-electron chi connectivity index (χ4n) is 3.11. The minimum absolute atomic E-state index is 0.332. The Bertz CT molecular complexity index is 309. The van der Waals surface area contributed by atoms with Gasteiger partial charge in [0.15, 0.2) is 0 Å². The molecule has 0 saturated carbocycles. The molecule has 0 spiro atoms. The summed E-state index contributed by atoms with van der Waals surface area (Å²) in [5, 5.41) is 12.5. The van der Waals surface area contributed by atoms with Gasteiger partial charge in [0.1, 0.15) is 0 Å². The summed E-state index contributed by atoms with van der Waals surface area (Å²) in [5.74, 6) is 0.407. The Balaban J connectivity index is 1.83. The van der Waals surface area contributed by atoms with Gasteiger partial charge in [-0.15, -0.1) is 0 Å². The Labute approximate surface area is 116 Å². The normalized spacial score (nSPS) is 32.8. The molecular weight excluding hydrogens is 242 g/mol.